The van der Waals surface area contributed by atoms with E-state index in [9.17, 15) is 0 Å². The second kappa shape index (κ2) is 16.3. The third-order valence-electron chi connectivity index (χ3n) is 14.6. The van der Waals surface area contributed by atoms with Crippen LogP contribution < -0.4 is 9.80 Å². The predicted octanol–water partition coefficient (Wildman–Crippen LogP) is 18.2. The number of rotatable bonds is 9. The van der Waals surface area contributed by atoms with Gasteiger partial charge in [0.05, 0.1) is 0 Å². The van der Waals surface area contributed by atoms with Crippen LogP contribution >= 0.6 is 0 Å². The van der Waals surface area contributed by atoms with Gasteiger partial charge in [-0.2, -0.15) is 0 Å². The molecule has 12 rings (SSSR count). The van der Waals surface area contributed by atoms with Gasteiger partial charge in [0.1, 0.15) is 0 Å². The van der Waals surface area contributed by atoms with Gasteiger partial charge in [0.25, 0.3) is 0 Å². The molecule has 0 aromatic heterocycles. The van der Waals surface area contributed by atoms with Gasteiger partial charge in [-0.1, -0.05) is 179 Å². The van der Waals surface area contributed by atoms with Crippen molar-refractivity contribution in [2.75, 3.05) is 9.80 Å². The molecule has 10 aromatic carbocycles. The fraction of sp³-hybridized carbons (Fsp3) is 0.0909. The second-order valence-electron chi connectivity index (χ2n) is 19.4. The van der Waals surface area contributed by atoms with Crippen LogP contribution in [-0.2, 0) is 10.8 Å². The molecule has 0 atom stereocenters. The highest BCUT2D eigenvalue weighted by Crippen LogP contribution is 2.52. The highest BCUT2D eigenvalue weighted by atomic mass is 15.1. The summed E-state index contributed by atoms with van der Waals surface area (Å²) in [6, 6.07) is 89.2. The maximum atomic E-state index is 2.40. The Morgan fingerprint density at radius 1 is 0.221 bits per heavy atom. The normalized spacial score (nSPS) is 13.5. The van der Waals surface area contributed by atoms with Crippen LogP contribution in [0.15, 0.2) is 243 Å². The number of nitrogens with zero attached hydrogens (tertiary/aromatic N) is 2. The van der Waals surface area contributed by atoms with Gasteiger partial charge in [-0.15, -0.1) is 0 Å². The van der Waals surface area contributed by atoms with E-state index in [0.29, 0.717) is 0 Å². The molecule has 0 saturated heterocycles. The first-order chi connectivity index (χ1) is 33.2. The topological polar surface area (TPSA) is 6.48 Å². The van der Waals surface area contributed by atoms with Crippen LogP contribution in [0, 0.1) is 0 Å². The molecule has 326 valence electrons. The predicted molar refractivity (Wildman–Crippen MR) is 287 cm³/mol. The monoisotopic (exact) mass is 872 g/mol. The van der Waals surface area contributed by atoms with E-state index in [1.165, 1.54) is 77.9 Å². The van der Waals surface area contributed by atoms with E-state index in [-0.39, 0.29) is 10.8 Å². The molecule has 2 aliphatic rings. The highest BCUT2D eigenvalue weighted by Gasteiger charge is 2.37. The summed E-state index contributed by atoms with van der Waals surface area (Å²) in [5, 5.41) is 0. The molecule has 0 heterocycles. The lowest BCUT2D eigenvalue weighted by atomic mass is 9.82. The summed E-state index contributed by atoms with van der Waals surface area (Å²) in [7, 11) is 0. The first kappa shape index (κ1) is 41.2. The molecule has 0 fully saturated rings. The first-order valence-corrected chi connectivity index (χ1v) is 23.8. The van der Waals surface area contributed by atoms with Gasteiger partial charge in [0.2, 0.25) is 0 Å². The van der Waals surface area contributed by atoms with Gasteiger partial charge < -0.3 is 9.80 Å². The van der Waals surface area contributed by atoms with Crippen molar-refractivity contribution in [2.45, 2.75) is 38.5 Å². The quantitative estimate of drug-likeness (QED) is 0.143. The van der Waals surface area contributed by atoms with Gasteiger partial charge in [0.15, 0.2) is 0 Å². The summed E-state index contributed by atoms with van der Waals surface area (Å²) in [4.78, 5) is 4.77. The lowest BCUT2D eigenvalue weighted by Crippen LogP contribution is -2.16. The van der Waals surface area contributed by atoms with Crippen LogP contribution in [0.5, 0.6) is 0 Å². The Labute approximate surface area is 401 Å². The van der Waals surface area contributed by atoms with E-state index in [0.717, 1.165) is 34.1 Å². The minimum Gasteiger partial charge on any atom is -0.310 e. The number of hydrogen-bond acceptors (Lipinski definition) is 2. The number of anilines is 6. The van der Waals surface area contributed by atoms with E-state index >= 15 is 0 Å². The van der Waals surface area contributed by atoms with Crippen LogP contribution in [-0.4, -0.2) is 0 Å². The number of hydrogen-bond donors (Lipinski definition) is 0. The van der Waals surface area contributed by atoms with Gasteiger partial charge >= 0.3 is 0 Å². The van der Waals surface area contributed by atoms with Crippen molar-refractivity contribution in [1.29, 1.82) is 0 Å². The van der Waals surface area contributed by atoms with Crippen LogP contribution in [0.2, 0.25) is 0 Å². The van der Waals surface area contributed by atoms with E-state index in [4.69, 9.17) is 0 Å². The molecule has 2 nitrogen and oxygen atoms in total. The number of para-hydroxylation sites is 2. The molecule has 0 aliphatic heterocycles. The summed E-state index contributed by atoms with van der Waals surface area (Å²) >= 11 is 0. The molecule has 0 radical (unpaired) electrons. The molecule has 0 bridgehead atoms. The molecule has 0 N–H and O–H groups in total. The van der Waals surface area contributed by atoms with Crippen molar-refractivity contribution in [3.05, 3.63) is 265 Å². The van der Waals surface area contributed by atoms with E-state index in [1.54, 1.807) is 0 Å². The summed E-state index contributed by atoms with van der Waals surface area (Å²) in [5.74, 6) is 0. The Morgan fingerprint density at radius 2 is 0.515 bits per heavy atom. The molecular weight excluding hydrogens is 821 g/mol. The van der Waals surface area contributed by atoms with Gasteiger partial charge in [-0.05, 0) is 169 Å². The minimum atomic E-state index is -0.0929. The van der Waals surface area contributed by atoms with Gasteiger partial charge in [-0.25, -0.2) is 0 Å². The molecule has 2 aliphatic carbocycles. The minimum absolute atomic E-state index is 0.0929. The van der Waals surface area contributed by atoms with Gasteiger partial charge in [0, 0.05) is 45.0 Å². The fourth-order valence-electron chi connectivity index (χ4n) is 11.1. The molecular formula is C66H52N2. The van der Waals surface area contributed by atoms with Crippen molar-refractivity contribution >= 4 is 34.1 Å². The van der Waals surface area contributed by atoms with Crippen molar-refractivity contribution in [3.63, 3.8) is 0 Å². The average Bonchev–Trinajstić information content (AvgIpc) is 3.76. The van der Waals surface area contributed by atoms with Crippen molar-refractivity contribution in [3.8, 4) is 55.6 Å². The summed E-state index contributed by atoms with van der Waals surface area (Å²) in [5.41, 5.74) is 24.5. The standard InChI is InChI=1S/C66H52N2/c1-65(2)61-26-16-14-24-57(61)59-38-36-55(43-63(59)65)67(51-20-10-6-11-21-51)53-32-28-46(29-33-53)49-40-48(45-18-8-5-9-19-45)41-50(42-49)47-30-34-54(35-31-47)68(52-22-12-7-13-23-52)56-37-39-60-58-25-15-17-27-62(58)66(3,4)64(60)44-56/h5-44H,1-4H3. The molecule has 2 heteroatoms. The largest absolute Gasteiger partial charge is 0.310 e. The Morgan fingerprint density at radius 3 is 0.912 bits per heavy atom. The fourth-order valence-corrected chi connectivity index (χ4v) is 11.1. The third-order valence-corrected chi connectivity index (χ3v) is 14.6. The maximum absolute atomic E-state index is 2.40. The number of benzene rings is 10. The zero-order valence-corrected chi connectivity index (χ0v) is 39.0. The van der Waals surface area contributed by atoms with Gasteiger partial charge in [-0.3, -0.25) is 0 Å². The van der Waals surface area contributed by atoms with Crippen molar-refractivity contribution < 1.29 is 0 Å². The Bertz CT molecular complexity index is 3270. The van der Waals surface area contributed by atoms with Crippen LogP contribution in [0.25, 0.3) is 55.6 Å². The molecule has 0 saturated carbocycles. The SMILES string of the molecule is CC1(C)c2ccccc2-c2ccc(N(c3ccccc3)c3ccc(-c4cc(-c5ccccc5)cc(-c5ccc(N(c6ccccc6)c6ccc7c(c6)C(C)(C)c6ccccc6-7)cc5)c4)cc3)cc21. The summed E-state index contributed by atoms with van der Waals surface area (Å²) in [6.07, 6.45) is 0. The first-order valence-electron chi connectivity index (χ1n) is 23.8. The van der Waals surface area contributed by atoms with Crippen LogP contribution in [0.4, 0.5) is 34.1 Å². The Balaban J connectivity index is 0.909. The molecule has 68 heavy (non-hydrogen) atoms. The summed E-state index contributed by atoms with van der Waals surface area (Å²) in [6.45, 7) is 9.40. The lowest BCUT2D eigenvalue weighted by molar-refractivity contribution is 0.660. The van der Waals surface area contributed by atoms with Crippen LogP contribution in [0.3, 0.4) is 0 Å². The zero-order valence-electron chi connectivity index (χ0n) is 39.0. The second-order valence-corrected chi connectivity index (χ2v) is 19.4. The molecule has 10 aromatic rings. The smallest absolute Gasteiger partial charge is 0.0465 e. The molecule has 0 unspecified atom stereocenters. The Kier molecular flexibility index (Phi) is 9.88. The lowest BCUT2D eigenvalue weighted by Gasteiger charge is -2.28. The number of fused-ring (bicyclic) bond motifs is 6. The third kappa shape index (κ3) is 6.95. The molecule has 0 spiro atoms. The maximum Gasteiger partial charge on any atom is 0.0465 e. The zero-order chi connectivity index (χ0) is 46.0. The highest BCUT2D eigenvalue weighted by molar-refractivity contribution is 5.89. The van der Waals surface area contributed by atoms with E-state index in [1.807, 2.05) is 0 Å². The average molecular weight is 873 g/mol. The van der Waals surface area contributed by atoms with Crippen molar-refractivity contribution in [1.82, 2.24) is 0 Å². The summed E-state index contributed by atoms with van der Waals surface area (Å²) < 4.78 is 0. The van der Waals surface area contributed by atoms with Crippen molar-refractivity contribution in [2.24, 2.45) is 0 Å². The van der Waals surface area contributed by atoms with E-state index in [2.05, 4.69) is 280 Å². The van der Waals surface area contributed by atoms with E-state index < -0.39 is 0 Å². The Hall–Kier alpha value is -8.20. The van der Waals surface area contributed by atoms with Crippen LogP contribution in [0.1, 0.15) is 49.9 Å². The molecule has 0 amide bonds.